The van der Waals surface area contributed by atoms with E-state index in [1.165, 1.54) is 37.4 Å². The summed E-state index contributed by atoms with van der Waals surface area (Å²) in [4.78, 5) is 29.8. The minimum atomic E-state index is -5.18. The number of halogens is 4. The predicted molar refractivity (Wildman–Crippen MR) is 139 cm³/mol. The molecule has 4 aromatic rings. The second-order valence-corrected chi connectivity index (χ2v) is 9.83. The molecule has 3 heterocycles. The van der Waals surface area contributed by atoms with Crippen LogP contribution >= 0.6 is 0 Å². The number of nitrogens with zero attached hydrogens (tertiary/aromatic N) is 3. The van der Waals surface area contributed by atoms with Crippen molar-refractivity contribution >= 4 is 28.6 Å². The summed E-state index contributed by atoms with van der Waals surface area (Å²) in [5.41, 5.74) is 2.40. The molecule has 8 nitrogen and oxygen atoms in total. The van der Waals surface area contributed by atoms with E-state index in [2.05, 4.69) is 4.98 Å². The van der Waals surface area contributed by atoms with Gasteiger partial charge in [-0.15, -0.1) is 0 Å². The largest absolute Gasteiger partial charge is 0.493 e. The van der Waals surface area contributed by atoms with E-state index in [0.717, 1.165) is 0 Å². The summed E-state index contributed by atoms with van der Waals surface area (Å²) in [6.07, 6.45) is -5.13. The SMILES string of the molecule is COC(=O)C[C@@H]1COc2cc(N(C(=O)C(F)(F)F)[C@H]3COc4c3cccc4-n3c(C)nc4ccc(F)cc43)ccc21. The van der Waals surface area contributed by atoms with Crippen LogP contribution < -0.4 is 14.4 Å². The average Bonchev–Trinajstić information content (AvgIpc) is 3.63. The number of benzene rings is 3. The molecule has 0 saturated heterocycles. The average molecular weight is 570 g/mol. The van der Waals surface area contributed by atoms with Crippen LogP contribution in [0.5, 0.6) is 11.5 Å². The van der Waals surface area contributed by atoms with Crippen molar-refractivity contribution in [3.05, 3.63) is 77.4 Å². The first-order chi connectivity index (χ1) is 19.6. The zero-order valence-corrected chi connectivity index (χ0v) is 21.9. The third kappa shape index (κ3) is 4.52. The van der Waals surface area contributed by atoms with Gasteiger partial charge in [0.1, 0.15) is 29.7 Å². The molecule has 0 N–H and O–H groups in total. The maximum Gasteiger partial charge on any atom is 0.471 e. The highest BCUT2D eigenvalue weighted by molar-refractivity contribution is 5.98. The number of rotatable bonds is 5. The van der Waals surface area contributed by atoms with Crippen molar-refractivity contribution in [2.75, 3.05) is 25.2 Å². The van der Waals surface area contributed by atoms with E-state index < -0.39 is 29.9 Å². The van der Waals surface area contributed by atoms with Gasteiger partial charge in [-0.1, -0.05) is 18.2 Å². The lowest BCUT2D eigenvalue weighted by Gasteiger charge is -2.29. The number of aromatic nitrogens is 2. The number of hydrogen-bond acceptors (Lipinski definition) is 6. The van der Waals surface area contributed by atoms with Crippen LogP contribution in [0.4, 0.5) is 23.2 Å². The van der Waals surface area contributed by atoms with Crippen molar-refractivity contribution in [1.29, 1.82) is 0 Å². The lowest BCUT2D eigenvalue weighted by Crippen LogP contribution is -2.44. The number of aryl methyl sites for hydroxylation is 1. The van der Waals surface area contributed by atoms with Gasteiger partial charge in [0.15, 0.2) is 0 Å². The Morgan fingerprint density at radius 2 is 1.88 bits per heavy atom. The quantitative estimate of drug-likeness (QED) is 0.232. The third-order valence-electron chi connectivity index (χ3n) is 7.36. The van der Waals surface area contributed by atoms with Gasteiger partial charge in [0.25, 0.3) is 0 Å². The normalized spacial score (nSPS) is 17.5. The van der Waals surface area contributed by atoms with E-state index >= 15 is 0 Å². The van der Waals surface area contributed by atoms with Gasteiger partial charge in [-0.05, 0) is 31.2 Å². The molecule has 3 aromatic carbocycles. The third-order valence-corrected chi connectivity index (χ3v) is 7.36. The highest BCUT2D eigenvalue weighted by Crippen LogP contribution is 2.46. The summed E-state index contributed by atoms with van der Waals surface area (Å²) < 4.78 is 73.9. The molecule has 12 heteroatoms. The Bertz CT molecular complexity index is 1700. The maximum atomic E-state index is 14.1. The lowest BCUT2D eigenvalue weighted by molar-refractivity contribution is -0.171. The van der Waals surface area contributed by atoms with E-state index in [0.29, 0.717) is 38.6 Å². The zero-order valence-electron chi connectivity index (χ0n) is 21.9. The molecule has 0 radical (unpaired) electrons. The fourth-order valence-electron chi connectivity index (χ4n) is 5.52. The second kappa shape index (κ2) is 9.79. The minimum Gasteiger partial charge on any atom is -0.493 e. The molecule has 0 fully saturated rings. The summed E-state index contributed by atoms with van der Waals surface area (Å²) in [5.74, 6) is -2.24. The number of amides is 1. The van der Waals surface area contributed by atoms with Crippen LogP contribution in [0.15, 0.2) is 54.6 Å². The molecule has 212 valence electrons. The van der Waals surface area contributed by atoms with Gasteiger partial charge in [-0.3, -0.25) is 19.1 Å². The number of esters is 1. The number of ether oxygens (including phenoxy) is 3. The number of carbonyl (C=O) groups is 2. The predicted octanol–water partition coefficient (Wildman–Crippen LogP) is 5.54. The topological polar surface area (TPSA) is 82.9 Å². The Balaban J connectivity index is 1.43. The molecular weight excluding hydrogens is 546 g/mol. The van der Waals surface area contributed by atoms with Gasteiger partial charge in [-0.2, -0.15) is 13.2 Å². The zero-order chi connectivity index (χ0) is 29.1. The molecule has 41 heavy (non-hydrogen) atoms. The van der Waals surface area contributed by atoms with Gasteiger partial charge < -0.3 is 14.2 Å². The Morgan fingerprint density at radius 3 is 2.63 bits per heavy atom. The van der Waals surface area contributed by atoms with Gasteiger partial charge >= 0.3 is 18.1 Å². The summed E-state index contributed by atoms with van der Waals surface area (Å²) >= 11 is 0. The van der Waals surface area contributed by atoms with Crippen LogP contribution in [-0.2, 0) is 14.3 Å². The first-order valence-electron chi connectivity index (χ1n) is 12.7. The molecule has 1 amide bonds. The van der Waals surface area contributed by atoms with Gasteiger partial charge in [0.2, 0.25) is 0 Å². The molecule has 2 aliphatic heterocycles. The highest BCUT2D eigenvalue weighted by Gasteiger charge is 2.48. The van der Waals surface area contributed by atoms with Gasteiger partial charge in [0, 0.05) is 34.9 Å². The van der Waals surface area contributed by atoms with Crippen molar-refractivity contribution in [1.82, 2.24) is 9.55 Å². The van der Waals surface area contributed by atoms with Crippen LogP contribution in [0.1, 0.15) is 35.3 Å². The Morgan fingerprint density at radius 1 is 1.07 bits per heavy atom. The molecule has 0 saturated carbocycles. The van der Waals surface area contributed by atoms with E-state index in [1.54, 1.807) is 35.8 Å². The number of anilines is 1. The maximum absolute atomic E-state index is 14.1. The summed E-state index contributed by atoms with van der Waals surface area (Å²) in [6.45, 7) is 1.62. The molecule has 0 unspecified atom stereocenters. The summed E-state index contributed by atoms with van der Waals surface area (Å²) in [7, 11) is 1.27. The number of alkyl halides is 3. The fraction of sp³-hybridized carbons (Fsp3) is 0.276. The highest BCUT2D eigenvalue weighted by atomic mass is 19.4. The van der Waals surface area contributed by atoms with E-state index in [4.69, 9.17) is 14.2 Å². The Hall–Kier alpha value is -4.61. The first kappa shape index (κ1) is 26.6. The van der Waals surface area contributed by atoms with Crippen LogP contribution in [0.3, 0.4) is 0 Å². The second-order valence-electron chi connectivity index (χ2n) is 9.83. The van der Waals surface area contributed by atoms with Crippen molar-refractivity contribution in [3.8, 4) is 17.2 Å². The standard InChI is InChI=1S/C29H23F4N3O5/c1-15-34-21-9-6-17(30)11-23(21)35(15)22-5-3-4-20-24(14-41-27(20)22)36(28(38)29(31,32)33)18-7-8-19-16(10-26(37)39-2)13-40-25(19)12-18/h3-9,11-12,16,24H,10,13-14H2,1-2H3/t16-,24+/m1/s1. The number of imidazole rings is 1. The minimum absolute atomic E-state index is 0.0389. The summed E-state index contributed by atoms with van der Waals surface area (Å²) in [5, 5.41) is 0. The fourth-order valence-corrected chi connectivity index (χ4v) is 5.52. The van der Waals surface area contributed by atoms with E-state index in [-0.39, 0.29) is 42.7 Å². The summed E-state index contributed by atoms with van der Waals surface area (Å²) in [6, 6.07) is 12.3. The van der Waals surface area contributed by atoms with Gasteiger partial charge in [0.05, 0.1) is 42.9 Å². The van der Waals surface area contributed by atoms with Crippen molar-refractivity contribution < 1.29 is 41.4 Å². The number of hydrogen-bond donors (Lipinski definition) is 0. The monoisotopic (exact) mass is 569 g/mol. The molecular formula is C29H23F4N3O5. The van der Waals surface area contributed by atoms with Crippen LogP contribution in [0.2, 0.25) is 0 Å². The number of carbonyl (C=O) groups excluding carboxylic acids is 2. The van der Waals surface area contributed by atoms with E-state index in [1.807, 2.05) is 0 Å². The molecule has 0 spiro atoms. The lowest BCUT2D eigenvalue weighted by atomic mass is 9.97. The van der Waals surface area contributed by atoms with Crippen molar-refractivity contribution in [3.63, 3.8) is 0 Å². The van der Waals surface area contributed by atoms with Crippen LogP contribution in [0.25, 0.3) is 16.7 Å². The molecule has 0 aliphatic carbocycles. The van der Waals surface area contributed by atoms with Crippen molar-refractivity contribution in [2.45, 2.75) is 31.5 Å². The number of methoxy groups -OCH3 is 1. The first-order valence-corrected chi connectivity index (χ1v) is 12.7. The molecule has 2 atom stereocenters. The number of para-hydroxylation sites is 1. The van der Waals surface area contributed by atoms with Crippen molar-refractivity contribution in [2.24, 2.45) is 0 Å². The van der Waals surface area contributed by atoms with Crippen LogP contribution in [-0.4, -0.2) is 47.9 Å². The number of fused-ring (bicyclic) bond motifs is 3. The molecule has 1 aromatic heterocycles. The van der Waals surface area contributed by atoms with Crippen LogP contribution in [0, 0.1) is 12.7 Å². The Kier molecular flexibility index (Phi) is 6.35. The Labute approximate surface area is 231 Å². The van der Waals surface area contributed by atoms with E-state index in [9.17, 15) is 27.2 Å². The van der Waals surface area contributed by atoms with Gasteiger partial charge in [-0.25, -0.2) is 9.37 Å². The molecule has 2 aliphatic rings. The molecule has 0 bridgehead atoms. The smallest absolute Gasteiger partial charge is 0.471 e. The molecule has 6 rings (SSSR count).